The summed E-state index contributed by atoms with van der Waals surface area (Å²) in [4.78, 5) is 26.1. The van der Waals surface area contributed by atoms with E-state index >= 15 is 0 Å². The first-order chi connectivity index (χ1) is 17.5. The van der Waals surface area contributed by atoms with Crippen LogP contribution in [0.4, 0.5) is 5.69 Å². The third-order valence-corrected chi connectivity index (χ3v) is 7.43. The molecule has 2 aromatic rings. The van der Waals surface area contributed by atoms with Crippen LogP contribution in [0.15, 0.2) is 48.5 Å². The maximum absolute atomic E-state index is 13.2. The molecule has 0 unspecified atom stereocenters. The van der Waals surface area contributed by atoms with Gasteiger partial charge in [0.25, 0.3) is 0 Å². The molecule has 2 fully saturated rings. The molecule has 192 valence electrons. The summed E-state index contributed by atoms with van der Waals surface area (Å²) < 4.78 is 18.0. The number of carbonyl (C=O) groups excluding carboxylic acids is 2. The monoisotopic (exact) mass is 494 g/mol. The van der Waals surface area contributed by atoms with Crippen LogP contribution in [0.1, 0.15) is 55.7 Å². The van der Waals surface area contributed by atoms with Crippen molar-refractivity contribution in [3.8, 4) is 5.75 Å². The van der Waals surface area contributed by atoms with Crippen molar-refractivity contribution in [1.29, 1.82) is 0 Å². The van der Waals surface area contributed by atoms with Crippen LogP contribution in [0, 0.1) is 5.92 Å². The molecule has 0 spiro atoms. The number of aliphatic hydroxyl groups excluding tert-OH is 1. The summed E-state index contributed by atoms with van der Waals surface area (Å²) in [6, 6.07) is 15.4. The number of hydrogen-bond acceptors (Lipinski definition) is 6. The number of benzene rings is 2. The number of fused-ring (bicyclic) bond motifs is 4. The van der Waals surface area contributed by atoms with Crippen LogP contribution >= 0.6 is 0 Å². The molecule has 0 radical (unpaired) electrons. The van der Waals surface area contributed by atoms with Gasteiger partial charge in [0.05, 0.1) is 50.4 Å². The Hall–Kier alpha value is -2.94. The molecule has 3 aliphatic rings. The minimum Gasteiger partial charge on any atom is -0.490 e. The minimum absolute atomic E-state index is 0.0562. The number of hydrogen-bond donors (Lipinski definition) is 3. The molecular formula is C28H34N2O6. The van der Waals surface area contributed by atoms with Crippen LogP contribution in [0.25, 0.3) is 0 Å². The van der Waals surface area contributed by atoms with Gasteiger partial charge in [-0.15, -0.1) is 0 Å². The van der Waals surface area contributed by atoms with Crippen molar-refractivity contribution in [3.05, 3.63) is 59.7 Å². The van der Waals surface area contributed by atoms with E-state index < -0.39 is 18.1 Å². The van der Waals surface area contributed by atoms with Crippen LogP contribution in [0.3, 0.4) is 0 Å². The van der Waals surface area contributed by atoms with Gasteiger partial charge in [0.2, 0.25) is 11.8 Å². The van der Waals surface area contributed by atoms with E-state index in [1.165, 1.54) is 0 Å². The summed E-state index contributed by atoms with van der Waals surface area (Å²) in [5.74, 6) is -0.376. The van der Waals surface area contributed by atoms with E-state index in [1.54, 1.807) is 0 Å². The molecule has 3 aliphatic heterocycles. The molecule has 2 amide bonds. The predicted octanol–water partition coefficient (Wildman–Crippen LogP) is 3.31. The summed E-state index contributed by atoms with van der Waals surface area (Å²) in [6.07, 6.45) is 1.17. The van der Waals surface area contributed by atoms with Gasteiger partial charge in [0, 0.05) is 30.0 Å². The van der Waals surface area contributed by atoms with Crippen molar-refractivity contribution in [2.45, 2.75) is 62.9 Å². The first-order valence-electron chi connectivity index (χ1n) is 12.8. The topological polar surface area (TPSA) is 106 Å². The molecule has 3 heterocycles. The highest BCUT2D eigenvalue weighted by molar-refractivity contribution is 5.95. The van der Waals surface area contributed by atoms with Crippen LogP contribution in [-0.2, 0) is 19.1 Å². The second-order valence-corrected chi connectivity index (χ2v) is 9.92. The van der Waals surface area contributed by atoms with Gasteiger partial charge >= 0.3 is 0 Å². The molecule has 5 rings (SSSR count). The third kappa shape index (κ3) is 5.40. The van der Waals surface area contributed by atoms with E-state index in [9.17, 15) is 14.7 Å². The van der Waals surface area contributed by atoms with Crippen molar-refractivity contribution in [1.82, 2.24) is 5.32 Å². The maximum Gasteiger partial charge on any atom is 0.230 e. The first-order valence-corrected chi connectivity index (χ1v) is 12.8. The highest BCUT2D eigenvalue weighted by Gasteiger charge is 2.46. The van der Waals surface area contributed by atoms with Gasteiger partial charge in [-0.25, -0.2) is 0 Å². The summed E-state index contributed by atoms with van der Waals surface area (Å²) >= 11 is 0. The van der Waals surface area contributed by atoms with Gasteiger partial charge in [-0.05, 0) is 37.1 Å². The summed E-state index contributed by atoms with van der Waals surface area (Å²) in [5, 5.41) is 16.2. The molecule has 8 heteroatoms. The zero-order valence-electron chi connectivity index (χ0n) is 20.5. The third-order valence-electron chi connectivity index (χ3n) is 7.43. The van der Waals surface area contributed by atoms with E-state index in [0.29, 0.717) is 25.3 Å². The molecule has 3 N–H and O–H groups in total. The number of amides is 2. The van der Waals surface area contributed by atoms with Gasteiger partial charge < -0.3 is 30.0 Å². The predicted molar refractivity (Wildman–Crippen MR) is 134 cm³/mol. The van der Waals surface area contributed by atoms with E-state index in [-0.39, 0.29) is 42.9 Å². The fourth-order valence-electron chi connectivity index (χ4n) is 5.59. The van der Waals surface area contributed by atoms with Gasteiger partial charge in [0.15, 0.2) is 0 Å². The zero-order valence-corrected chi connectivity index (χ0v) is 20.5. The number of carbonyl (C=O) groups is 2. The maximum atomic E-state index is 13.2. The van der Waals surface area contributed by atoms with Crippen LogP contribution in [0.2, 0.25) is 0 Å². The molecule has 0 aromatic heterocycles. The van der Waals surface area contributed by atoms with Crippen LogP contribution in [0.5, 0.6) is 5.75 Å². The highest BCUT2D eigenvalue weighted by Crippen LogP contribution is 2.46. The molecule has 8 nitrogen and oxygen atoms in total. The number of ether oxygens (including phenoxy) is 3. The van der Waals surface area contributed by atoms with Crippen molar-refractivity contribution < 1.29 is 28.9 Å². The number of rotatable bonds is 7. The Balaban J connectivity index is 1.35. The Morgan fingerprint density at radius 3 is 2.72 bits per heavy atom. The van der Waals surface area contributed by atoms with Crippen molar-refractivity contribution in [2.75, 3.05) is 25.1 Å². The fraction of sp³-hybridized carbons (Fsp3) is 0.500. The average Bonchev–Trinajstić information content (AvgIpc) is 3.00. The van der Waals surface area contributed by atoms with E-state index in [4.69, 9.17) is 14.2 Å². The van der Waals surface area contributed by atoms with Crippen LogP contribution in [-0.4, -0.2) is 55.1 Å². The standard InChI is InChI=1S/C28H34N2O6/c1-17(18-5-3-2-4-6-18)29-26(32)15-21-14-23-22-13-19(30-28(33)27(23)25(16-31)36-21)7-8-24(22)35-20-9-11-34-12-10-20/h2-8,13,17,20-21,23,25,27,31H,9-12,14-16H2,1H3,(H,29,32)(H,30,33)/t17-,21-,23+,25-,27-/m1/s1. The lowest BCUT2D eigenvalue weighted by molar-refractivity contribution is -0.148. The summed E-state index contributed by atoms with van der Waals surface area (Å²) in [6.45, 7) is 2.98. The highest BCUT2D eigenvalue weighted by atomic mass is 16.5. The Kier molecular flexibility index (Phi) is 7.55. The van der Waals surface area contributed by atoms with E-state index in [0.717, 1.165) is 29.7 Å². The molecule has 0 saturated carbocycles. The lowest BCUT2D eigenvalue weighted by Crippen LogP contribution is -2.48. The fourth-order valence-corrected chi connectivity index (χ4v) is 5.59. The van der Waals surface area contributed by atoms with Crippen molar-refractivity contribution >= 4 is 17.5 Å². The Morgan fingerprint density at radius 1 is 1.19 bits per heavy atom. The second kappa shape index (κ2) is 11.0. The van der Waals surface area contributed by atoms with Crippen LogP contribution < -0.4 is 15.4 Å². The molecule has 36 heavy (non-hydrogen) atoms. The van der Waals surface area contributed by atoms with E-state index in [2.05, 4.69) is 10.6 Å². The molecule has 2 aromatic carbocycles. The van der Waals surface area contributed by atoms with Gasteiger partial charge in [-0.3, -0.25) is 9.59 Å². The lowest BCUT2D eigenvalue weighted by atomic mass is 9.76. The minimum atomic E-state index is -0.710. The summed E-state index contributed by atoms with van der Waals surface area (Å²) in [5.41, 5.74) is 2.65. The quantitative estimate of drug-likeness (QED) is 0.545. The summed E-state index contributed by atoms with van der Waals surface area (Å²) in [7, 11) is 0. The second-order valence-electron chi connectivity index (χ2n) is 9.92. The smallest absolute Gasteiger partial charge is 0.230 e. The molecule has 5 atom stereocenters. The zero-order chi connectivity index (χ0) is 25.1. The molecule has 2 bridgehead atoms. The SMILES string of the molecule is C[C@@H](NC(=O)C[C@H]1C[C@H]2c3cc(ccc3OC3CCOCC3)NC(=O)[C@H]2[C@@H](CO)O1)c1ccccc1. The first kappa shape index (κ1) is 24.7. The average molecular weight is 495 g/mol. The Morgan fingerprint density at radius 2 is 1.97 bits per heavy atom. The lowest BCUT2D eigenvalue weighted by Gasteiger charge is -2.40. The normalized spacial score (nSPS) is 26.8. The molecular weight excluding hydrogens is 460 g/mol. The Labute approximate surface area is 211 Å². The van der Waals surface area contributed by atoms with E-state index in [1.807, 2.05) is 55.5 Å². The number of anilines is 1. The van der Waals surface area contributed by atoms with Gasteiger partial charge in [-0.1, -0.05) is 30.3 Å². The van der Waals surface area contributed by atoms with Gasteiger partial charge in [-0.2, -0.15) is 0 Å². The number of aliphatic hydroxyl groups is 1. The molecule has 0 aliphatic carbocycles. The van der Waals surface area contributed by atoms with Crippen molar-refractivity contribution in [2.24, 2.45) is 5.92 Å². The van der Waals surface area contributed by atoms with Crippen molar-refractivity contribution in [3.63, 3.8) is 0 Å². The molecule has 2 saturated heterocycles. The Bertz CT molecular complexity index is 1070. The van der Waals surface area contributed by atoms with Gasteiger partial charge in [0.1, 0.15) is 11.9 Å². The number of nitrogens with one attached hydrogen (secondary N) is 2. The largest absolute Gasteiger partial charge is 0.490 e.